The van der Waals surface area contributed by atoms with Crippen LogP contribution in [0.5, 0.6) is 0 Å². The quantitative estimate of drug-likeness (QED) is 0.249. The van der Waals surface area contributed by atoms with Gasteiger partial charge in [-0.25, -0.2) is 0 Å². The van der Waals surface area contributed by atoms with Crippen LogP contribution in [0.25, 0.3) is 0 Å². The molecule has 1 radical (unpaired) electrons. The second-order valence-electron chi connectivity index (χ2n) is 2.31. The Morgan fingerprint density at radius 3 is 2.00 bits per heavy atom. The Labute approximate surface area is 95.5 Å². The number of aliphatic hydroxyl groups is 1. The van der Waals surface area contributed by atoms with Crippen LogP contribution in [0.1, 0.15) is 6.42 Å². The summed E-state index contributed by atoms with van der Waals surface area (Å²) in [6.45, 7) is 0. The molecule has 0 aliphatic carbocycles. The van der Waals surface area contributed by atoms with E-state index in [1.807, 2.05) is 0 Å². The molecule has 1 unspecified atom stereocenters. The van der Waals surface area contributed by atoms with E-state index in [9.17, 15) is 18.0 Å². The van der Waals surface area contributed by atoms with Gasteiger partial charge in [-0.2, -0.15) is 8.42 Å². The maximum atomic E-state index is 10.6. The topological polar surface area (TPSA) is 121 Å². The van der Waals surface area contributed by atoms with Crippen molar-refractivity contribution in [3.8, 4) is 0 Å². The molecule has 0 bridgehead atoms. The summed E-state index contributed by atoms with van der Waals surface area (Å²) in [7, 11) is -4.96. The van der Waals surface area contributed by atoms with Crippen molar-refractivity contribution < 1.29 is 27.7 Å². The standard InChI is InChI=1S/C4H5NO6S.Na/c6-2-1-4(8,3(7)5-2)12(9,10)11;/h8H,1H2,(H,5,6,7)(H,9,10,11);. The van der Waals surface area contributed by atoms with Gasteiger partial charge in [0.1, 0.15) is 0 Å². The van der Waals surface area contributed by atoms with Crippen molar-refractivity contribution in [2.24, 2.45) is 0 Å². The average molecular weight is 218 g/mol. The van der Waals surface area contributed by atoms with Crippen LogP contribution in [0.3, 0.4) is 0 Å². The second kappa shape index (κ2) is 3.64. The molecular formula is C4H5NNaO6S. The van der Waals surface area contributed by atoms with Crippen LogP contribution in [0, 0.1) is 0 Å². The number of carbonyl (C=O) groups is 2. The number of hydrogen-bond acceptors (Lipinski definition) is 5. The SMILES string of the molecule is O=C1CC(O)(S(=O)(=O)O)C(=O)N1.[Na]. The van der Waals surface area contributed by atoms with Gasteiger partial charge in [-0.3, -0.25) is 19.5 Å². The van der Waals surface area contributed by atoms with Crippen LogP contribution in [-0.2, 0) is 19.7 Å². The predicted octanol–water partition coefficient (Wildman–Crippen LogP) is -2.77. The van der Waals surface area contributed by atoms with E-state index in [1.54, 1.807) is 5.32 Å². The van der Waals surface area contributed by atoms with Crippen molar-refractivity contribution in [2.45, 2.75) is 11.4 Å². The first-order valence-corrected chi connectivity index (χ1v) is 4.25. The first kappa shape index (κ1) is 13.0. The third-order valence-corrected chi connectivity index (χ3v) is 2.62. The van der Waals surface area contributed by atoms with Gasteiger partial charge in [0, 0.05) is 29.6 Å². The Kier molecular flexibility index (Phi) is 3.64. The first-order valence-electron chi connectivity index (χ1n) is 2.81. The number of hydrogen-bond donors (Lipinski definition) is 3. The van der Waals surface area contributed by atoms with E-state index in [4.69, 9.17) is 9.66 Å². The molecule has 0 aromatic heterocycles. The summed E-state index contributed by atoms with van der Waals surface area (Å²) in [4.78, 5) is 18.1. The van der Waals surface area contributed by atoms with Gasteiger partial charge in [0.05, 0.1) is 6.42 Å². The Hall–Kier alpha value is 0.0100. The molecule has 9 heteroatoms. The van der Waals surface area contributed by atoms with Crippen molar-refractivity contribution >= 4 is 51.5 Å². The van der Waals surface area contributed by atoms with E-state index in [0.717, 1.165) is 0 Å². The molecule has 0 saturated carbocycles. The average Bonchev–Trinajstić information content (AvgIpc) is 2.06. The molecule has 0 aromatic rings. The Morgan fingerprint density at radius 2 is 1.85 bits per heavy atom. The zero-order valence-electron chi connectivity index (χ0n) is 6.64. The normalized spacial score (nSPS) is 28.2. The summed E-state index contributed by atoms with van der Waals surface area (Å²) in [5, 5.41) is 10.5. The molecule has 1 aliphatic rings. The second-order valence-corrected chi connectivity index (χ2v) is 3.94. The molecule has 0 spiro atoms. The predicted molar refractivity (Wildman–Crippen MR) is 40.0 cm³/mol. The Bertz CT molecular complexity index is 350. The van der Waals surface area contributed by atoms with Gasteiger partial charge in [0.25, 0.3) is 10.8 Å². The van der Waals surface area contributed by atoms with Crippen molar-refractivity contribution in [3.05, 3.63) is 0 Å². The zero-order valence-corrected chi connectivity index (χ0v) is 9.46. The molecule has 3 N–H and O–H groups in total. The smallest absolute Gasteiger partial charge is 0.305 e. The van der Waals surface area contributed by atoms with Crippen LogP contribution < -0.4 is 5.32 Å². The van der Waals surface area contributed by atoms with Crippen LogP contribution in [0.4, 0.5) is 0 Å². The molecule has 1 aliphatic heterocycles. The van der Waals surface area contributed by atoms with E-state index >= 15 is 0 Å². The fourth-order valence-electron chi connectivity index (χ4n) is 0.775. The number of rotatable bonds is 1. The van der Waals surface area contributed by atoms with Crippen LogP contribution in [-0.4, -0.2) is 64.4 Å². The molecule has 69 valence electrons. The van der Waals surface area contributed by atoms with Gasteiger partial charge >= 0.3 is 10.1 Å². The van der Waals surface area contributed by atoms with Crippen LogP contribution in [0.2, 0.25) is 0 Å². The zero-order chi connectivity index (χ0) is 9.57. The molecule has 1 saturated heterocycles. The van der Waals surface area contributed by atoms with Crippen LogP contribution >= 0.6 is 0 Å². The summed E-state index contributed by atoms with van der Waals surface area (Å²) in [6, 6.07) is 0. The molecule has 1 atom stereocenters. The van der Waals surface area contributed by atoms with Gasteiger partial charge in [-0.05, 0) is 0 Å². The van der Waals surface area contributed by atoms with Gasteiger partial charge in [-0.15, -0.1) is 0 Å². The van der Waals surface area contributed by atoms with Crippen LogP contribution in [0.15, 0.2) is 0 Å². The fraction of sp³-hybridized carbons (Fsp3) is 0.500. The van der Waals surface area contributed by atoms with Gasteiger partial charge in [0.15, 0.2) is 0 Å². The maximum Gasteiger partial charge on any atom is 0.305 e. The van der Waals surface area contributed by atoms with Gasteiger partial charge in [0.2, 0.25) is 5.91 Å². The molecule has 7 nitrogen and oxygen atoms in total. The number of amides is 2. The minimum absolute atomic E-state index is 0. The Balaban J connectivity index is 0.00000144. The molecule has 0 aromatic carbocycles. The third kappa shape index (κ3) is 2.09. The van der Waals surface area contributed by atoms with Gasteiger partial charge in [-0.1, -0.05) is 0 Å². The van der Waals surface area contributed by atoms with Crippen molar-refractivity contribution in [1.29, 1.82) is 0 Å². The molecule has 1 heterocycles. The third-order valence-electron chi connectivity index (χ3n) is 1.43. The summed E-state index contributed by atoms with van der Waals surface area (Å²) in [5.74, 6) is -2.37. The number of nitrogens with one attached hydrogen (secondary N) is 1. The minimum Gasteiger partial charge on any atom is -0.365 e. The summed E-state index contributed by atoms with van der Waals surface area (Å²) < 4.78 is 29.2. The molecule has 1 fully saturated rings. The molecule has 2 amide bonds. The van der Waals surface area contributed by atoms with E-state index in [1.165, 1.54) is 0 Å². The Morgan fingerprint density at radius 1 is 1.38 bits per heavy atom. The van der Waals surface area contributed by atoms with E-state index in [2.05, 4.69) is 0 Å². The van der Waals surface area contributed by atoms with E-state index in [-0.39, 0.29) is 29.6 Å². The van der Waals surface area contributed by atoms with Crippen molar-refractivity contribution in [2.75, 3.05) is 0 Å². The van der Waals surface area contributed by atoms with Gasteiger partial charge < -0.3 is 5.11 Å². The molecule has 13 heavy (non-hydrogen) atoms. The largest absolute Gasteiger partial charge is 0.365 e. The number of imide groups is 1. The minimum atomic E-state index is -4.96. The molecule has 1 rings (SSSR count). The molecular weight excluding hydrogens is 213 g/mol. The van der Waals surface area contributed by atoms with E-state index < -0.39 is 33.3 Å². The first-order chi connectivity index (χ1) is 5.27. The van der Waals surface area contributed by atoms with E-state index in [0.29, 0.717) is 0 Å². The van der Waals surface area contributed by atoms with Crippen molar-refractivity contribution in [3.63, 3.8) is 0 Å². The summed E-state index contributed by atoms with van der Waals surface area (Å²) >= 11 is 0. The maximum absolute atomic E-state index is 10.6. The number of carbonyl (C=O) groups excluding carboxylic acids is 2. The fourth-order valence-corrected chi connectivity index (χ4v) is 1.37. The summed E-state index contributed by atoms with van der Waals surface area (Å²) in [5.41, 5.74) is 0. The summed E-state index contributed by atoms with van der Waals surface area (Å²) in [6.07, 6.45) is -0.968. The monoisotopic (exact) mass is 218 g/mol. The van der Waals surface area contributed by atoms with Crippen molar-refractivity contribution in [1.82, 2.24) is 5.32 Å².